The maximum atomic E-state index is 4.13. The Labute approximate surface area is 124 Å². The summed E-state index contributed by atoms with van der Waals surface area (Å²) in [5, 5.41) is 8.39. The first kappa shape index (κ1) is 12.6. The number of fused-ring (bicyclic) bond motifs is 2. The molecule has 1 aromatic heterocycles. The largest absolute Gasteiger partial charge is 0.301 e. The molecule has 1 N–H and O–H groups in total. The summed E-state index contributed by atoms with van der Waals surface area (Å²) in [4.78, 5) is 2.40. The molecule has 0 bridgehead atoms. The zero-order valence-electron chi connectivity index (χ0n) is 12.4. The van der Waals surface area contributed by atoms with Gasteiger partial charge in [0.05, 0.1) is 11.7 Å². The Morgan fingerprint density at radius 3 is 2.95 bits per heavy atom. The van der Waals surface area contributed by atoms with Gasteiger partial charge >= 0.3 is 0 Å². The Balaban J connectivity index is 1.92. The van der Waals surface area contributed by atoms with Gasteiger partial charge in [0.2, 0.25) is 0 Å². The second-order valence-electron chi connectivity index (χ2n) is 6.33. The van der Waals surface area contributed by atoms with Crippen molar-refractivity contribution < 1.29 is 0 Å². The number of hydrogen-bond donors (Lipinski definition) is 1. The average Bonchev–Trinajstić information content (AvgIpc) is 2.94. The van der Waals surface area contributed by atoms with Crippen LogP contribution in [0.2, 0.25) is 0 Å². The molecule has 0 aliphatic carbocycles. The van der Waals surface area contributed by atoms with Gasteiger partial charge in [-0.2, -0.15) is 5.10 Å². The van der Waals surface area contributed by atoms with E-state index in [4.69, 9.17) is 0 Å². The second-order valence-corrected chi connectivity index (χ2v) is 6.33. The molecule has 21 heavy (non-hydrogen) atoms. The van der Waals surface area contributed by atoms with E-state index in [1.807, 2.05) is 6.20 Å². The van der Waals surface area contributed by atoms with Crippen LogP contribution in [-0.4, -0.2) is 28.7 Å². The Kier molecular flexibility index (Phi) is 2.66. The smallest absolute Gasteiger partial charge is 0.0653 e. The molecule has 1 atom stereocenters. The van der Waals surface area contributed by atoms with Crippen LogP contribution in [0.4, 0.5) is 0 Å². The van der Waals surface area contributed by atoms with Gasteiger partial charge in [-0.25, -0.2) is 0 Å². The molecule has 3 heteroatoms. The van der Waals surface area contributed by atoms with Crippen molar-refractivity contribution in [2.75, 3.05) is 13.6 Å². The number of nitrogens with one attached hydrogen (secondary N) is 1. The number of nitrogens with zero attached hydrogens (tertiary/aromatic N) is 2. The molecule has 0 spiro atoms. The van der Waals surface area contributed by atoms with Crippen LogP contribution in [0.15, 0.2) is 48.7 Å². The minimum absolute atomic E-state index is 0.0168. The third-order valence-electron chi connectivity index (χ3n) is 4.72. The Morgan fingerprint density at radius 2 is 2.05 bits per heavy atom. The predicted molar refractivity (Wildman–Crippen MR) is 85.3 cm³/mol. The number of aromatic amines is 1. The molecule has 0 radical (unpaired) electrons. The Hall–Kier alpha value is -2.13. The number of H-pyrrole nitrogens is 1. The molecule has 1 aliphatic heterocycles. The quantitative estimate of drug-likeness (QED) is 0.740. The van der Waals surface area contributed by atoms with Crippen LogP contribution < -0.4 is 0 Å². The number of benzene rings is 2. The van der Waals surface area contributed by atoms with Gasteiger partial charge in [-0.15, -0.1) is 0 Å². The molecule has 0 fully saturated rings. The minimum atomic E-state index is 0.0168. The van der Waals surface area contributed by atoms with E-state index in [-0.39, 0.29) is 5.41 Å². The number of likely N-dealkylation sites (N-methyl/N-ethyl adjacent to an activating group) is 1. The highest BCUT2D eigenvalue weighted by Gasteiger charge is 2.35. The molecule has 0 saturated heterocycles. The van der Waals surface area contributed by atoms with E-state index in [0.29, 0.717) is 0 Å². The summed E-state index contributed by atoms with van der Waals surface area (Å²) in [6.07, 6.45) is 1.88. The highest BCUT2D eigenvalue weighted by atomic mass is 15.1. The third kappa shape index (κ3) is 1.88. The third-order valence-corrected chi connectivity index (χ3v) is 4.72. The molecule has 2 heterocycles. The molecule has 2 aromatic carbocycles. The number of aromatic nitrogens is 2. The van der Waals surface area contributed by atoms with Crippen molar-refractivity contribution in [1.82, 2.24) is 15.1 Å². The highest BCUT2D eigenvalue weighted by molar-refractivity contribution is 5.79. The van der Waals surface area contributed by atoms with Crippen molar-refractivity contribution >= 4 is 10.9 Å². The van der Waals surface area contributed by atoms with Crippen LogP contribution in [0.25, 0.3) is 10.9 Å². The Morgan fingerprint density at radius 1 is 1.19 bits per heavy atom. The molecule has 4 rings (SSSR count). The van der Waals surface area contributed by atoms with Crippen LogP contribution in [0.5, 0.6) is 0 Å². The fraction of sp³-hybridized carbons (Fsp3) is 0.278. The van der Waals surface area contributed by atoms with E-state index in [9.17, 15) is 0 Å². The van der Waals surface area contributed by atoms with Gasteiger partial charge in [0, 0.05) is 23.9 Å². The second kappa shape index (κ2) is 4.43. The maximum absolute atomic E-state index is 4.13. The fourth-order valence-electron chi connectivity index (χ4n) is 3.70. The van der Waals surface area contributed by atoms with Crippen molar-refractivity contribution in [3.05, 3.63) is 65.4 Å². The minimum Gasteiger partial charge on any atom is -0.301 e. The average molecular weight is 277 g/mol. The van der Waals surface area contributed by atoms with Crippen molar-refractivity contribution in [3.8, 4) is 0 Å². The zero-order chi connectivity index (χ0) is 14.4. The lowest BCUT2D eigenvalue weighted by molar-refractivity contribution is 0.248. The molecule has 106 valence electrons. The number of hydrogen-bond acceptors (Lipinski definition) is 2. The van der Waals surface area contributed by atoms with Gasteiger partial charge in [0.25, 0.3) is 0 Å². The van der Waals surface area contributed by atoms with Gasteiger partial charge in [-0.3, -0.25) is 5.10 Å². The topological polar surface area (TPSA) is 31.9 Å². The summed E-state index contributed by atoms with van der Waals surface area (Å²) < 4.78 is 0. The normalized spacial score (nSPS) is 22.4. The first-order valence-corrected chi connectivity index (χ1v) is 7.37. The summed E-state index contributed by atoms with van der Waals surface area (Å²) in [5.41, 5.74) is 5.35. The molecule has 0 amide bonds. The van der Waals surface area contributed by atoms with Crippen LogP contribution in [-0.2, 0) is 12.0 Å². The van der Waals surface area contributed by atoms with Crippen molar-refractivity contribution in [2.24, 2.45) is 0 Å². The van der Waals surface area contributed by atoms with E-state index in [0.717, 1.165) is 18.6 Å². The Bertz CT molecular complexity index is 805. The zero-order valence-corrected chi connectivity index (χ0v) is 12.4. The van der Waals surface area contributed by atoms with Crippen LogP contribution in [0.3, 0.4) is 0 Å². The first-order valence-electron chi connectivity index (χ1n) is 7.37. The van der Waals surface area contributed by atoms with Gasteiger partial charge in [0.15, 0.2) is 0 Å². The van der Waals surface area contributed by atoms with E-state index in [1.165, 1.54) is 22.1 Å². The monoisotopic (exact) mass is 277 g/mol. The van der Waals surface area contributed by atoms with Crippen molar-refractivity contribution in [3.63, 3.8) is 0 Å². The van der Waals surface area contributed by atoms with E-state index in [1.54, 1.807) is 0 Å². The maximum Gasteiger partial charge on any atom is 0.0653 e. The molecular formula is C18H19N3. The lowest BCUT2D eigenvalue weighted by atomic mass is 9.72. The lowest BCUT2D eigenvalue weighted by Crippen LogP contribution is -2.42. The summed E-state index contributed by atoms with van der Waals surface area (Å²) in [7, 11) is 2.20. The van der Waals surface area contributed by atoms with Gasteiger partial charge in [0.1, 0.15) is 0 Å². The van der Waals surface area contributed by atoms with E-state index >= 15 is 0 Å². The summed E-state index contributed by atoms with van der Waals surface area (Å²) in [6.45, 7) is 4.40. The summed E-state index contributed by atoms with van der Waals surface area (Å²) in [5.74, 6) is 0. The SMILES string of the molecule is CN1Cc2ccccc2C(C)(c2ccc3cn[nH]c3c2)C1. The van der Waals surface area contributed by atoms with E-state index < -0.39 is 0 Å². The van der Waals surface area contributed by atoms with Crippen LogP contribution in [0, 0.1) is 0 Å². The molecule has 3 aromatic rings. The van der Waals surface area contributed by atoms with Gasteiger partial charge in [-0.1, -0.05) is 43.3 Å². The summed E-state index contributed by atoms with van der Waals surface area (Å²) >= 11 is 0. The molecular weight excluding hydrogens is 258 g/mol. The first-order chi connectivity index (χ1) is 10.2. The van der Waals surface area contributed by atoms with Gasteiger partial charge in [-0.05, 0) is 29.8 Å². The van der Waals surface area contributed by atoms with Crippen LogP contribution >= 0.6 is 0 Å². The van der Waals surface area contributed by atoms with Gasteiger partial charge < -0.3 is 4.90 Å². The summed E-state index contributed by atoms with van der Waals surface area (Å²) in [6, 6.07) is 15.5. The van der Waals surface area contributed by atoms with Crippen molar-refractivity contribution in [1.29, 1.82) is 0 Å². The van der Waals surface area contributed by atoms with Crippen molar-refractivity contribution in [2.45, 2.75) is 18.9 Å². The molecule has 3 nitrogen and oxygen atoms in total. The standard InChI is InChI=1S/C18H19N3/c1-18(15-8-7-13-10-19-20-17(13)9-15)12-21(2)11-14-5-3-4-6-16(14)18/h3-10H,11-12H2,1-2H3,(H,19,20). The predicted octanol–water partition coefficient (Wildman–Crippen LogP) is 3.31. The number of rotatable bonds is 1. The molecule has 1 unspecified atom stereocenters. The van der Waals surface area contributed by atoms with E-state index in [2.05, 4.69) is 71.5 Å². The molecule has 0 saturated carbocycles. The fourth-order valence-corrected chi connectivity index (χ4v) is 3.70. The van der Waals surface area contributed by atoms with Crippen LogP contribution in [0.1, 0.15) is 23.6 Å². The molecule has 1 aliphatic rings. The lowest BCUT2D eigenvalue weighted by Gasteiger charge is -2.41. The highest BCUT2D eigenvalue weighted by Crippen LogP contribution is 2.39.